The van der Waals surface area contributed by atoms with E-state index in [0.717, 1.165) is 0 Å². The summed E-state index contributed by atoms with van der Waals surface area (Å²) in [6, 6.07) is 6.62. The van der Waals surface area contributed by atoms with E-state index < -0.39 is 5.54 Å². The van der Waals surface area contributed by atoms with Crippen molar-refractivity contribution < 1.29 is 4.39 Å². The Bertz CT molecular complexity index is 773. The molecule has 1 aromatic carbocycles. The number of benzene rings is 1. The van der Waals surface area contributed by atoms with Gasteiger partial charge in [0.1, 0.15) is 5.82 Å². The molecule has 0 fully saturated rings. The number of halogens is 1. The molecule has 0 atom stereocenters. The van der Waals surface area contributed by atoms with Crippen molar-refractivity contribution >= 4 is 0 Å². The van der Waals surface area contributed by atoms with E-state index in [1.54, 1.807) is 39.0 Å². The Morgan fingerprint density at radius 2 is 1.96 bits per heavy atom. The normalized spacial score (nSPS) is 12.0. The van der Waals surface area contributed by atoms with Crippen LogP contribution in [0.25, 0.3) is 11.3 Å². The number of aryl methyl sites for hydroxylation is 1. The summed E-state index contributed by atoms with van der Waals surface area (Å²) < 4.78 is 15.3. The Hall–Kier alpha value is -2.01. The first-order valence-corrected chi connectivity index (χ1v) is 7.77. The number of rotatable bonds is 4. The summed E-state index contributed by atoms with van der Waals surface area (Å²) in [5.74, 6) is -0.0293. The van der Waals surface area contributed by atoms with Crippen LogP contribution >= 0.6 is 0 Å². The van der Waals surface area contributed by atoms with Crippen molar-refractivity contribution in [3.63, 3.8) is 0 Å². The molecular weight excluding hydrogens is 293 g/mol. The molecule has 2 N–H and O–H groups in total. The topological polar surface area (TPSA) is 60.9 Å². The Morgan fingerprint density at radius 1 is 1.30 bits per heavy atom. The molecule has 2 aromatic rings. The van der Waals surface area contributed by atoms with Gasteiger partial charge in [0.05, 0.1) is 5.69 Å². The van der Waals surface area contributed by atoms with Crippen molar-refractivity contribution in [2.24, 2.45) is 11.7 Å². The molecule has 4 nitrogen and oxygen atoms in total. The third-order valence-corrected chi connectivity index (χ3v) is 3.67. The minimum atomic E-state index is -0.795. The molecule has 0 radical (unpaired) electrons. The first-order valence-electron chi connectivity index (χ1n) is 7.77. The Labute approximate surface area is 136 Å². The molecule has 0 aliphatic carbocycles. The predicted molar refractivity (Wildman–Crippen MR) is 90.7 cm³/mol. The summed E-state index contributed by atoms with van der Waals surface area (Å²) in [4.78, 5) is 12.6. The van der Waals surface area contributed by atoms with Crippen LogP contribution in [0, 0.1) is 18.7 Å². The summed E-state index contributed by atoms with van der Waals surface area (Å²) in [6.07, 6.45) is 0. The van der Waals surface area contributed by atoms with Crippen LogP contribution in [0.4, 0.5) is 4.39 Å². The minimum absolute atomic E-state index is 0.192. The monoisotopic (exact) mass is 317 g/mol. The smallest absolute Gasteiger partial charge is 0.271 e. The van der Waals surface area contributed by atoms with Crippen LogP contribution in [0.15, 0.2) is 29.1 Å². The standard InChI is InChI=1S/C18H24FN3O/c1-11(2)10-22-17(23)14(18(4,5)20)9-16(21-22)13-7-6-12(3)15(19)8-13/h6-9,11H,10,20H2,1-5H3. The highest BCUT2D eigenvalue weighted by atomic mass is 19.1. The van der Waals surface area contributed by atoms with Crippen LogP contribution in [0.2, 0.25) is 0 Å². The quantitative estimate of drug-likeness (QED) is 0.942. The lowest BCUT2D eigenvalue weighted by molar-refractivity contribution is 0.448. The van der Waals surface area contributed by atoms with E-state index in [1.165, 1.54) is 10.7 Å². The molecule has 0 amide bonds. The number of aromatic nitrogens is 2. The van der Waals surface area contributed by atoms with Crippen LogP contribution in [-0.2, 0) is 12.1 Å². The molecule has 0 aliphatic heterocycles. The van der Waals surface area contributed by atoms with E-state index in [4.69, 9.17) is 5.73 Å². The lowest BCUT2D eigenvalue weighted by Gasteiger charge is -2.21. The average Bonchev–Trinajstić information content (AvgIpc) is 2.42. The van der Waals surface area contributed by atoms with Gasteiger partial charge in [-0.15, -0.1) is 0 Å². The van der Waals surface area contributed by atoms with Gasteiger partial charge in [-0.25, -0.2) is 9.07 Å². The van der Waals surface area contributed by atoms with Crippen molar-refractivity contribution in [1.82, 2.24) is 9.78 Å². The van der Waals surface area contributed by atoms with Crippen molar-refractivity contribution in [2.45, 2.75) is 46.7 Å². The van der Waals surface area contributed by atoms with E-state index in [-0.39, 0.29) is 17.3 Å². The molecule has 1 heterocycles. The molecule has 0 spiro atoms. The second kappa shape index (κ2) is 6.24. The fourth-order valence-corrected chi connectivity index (χ4v) is 2.37. The Morgan fingerprint density at radius 3 is 2.48 bits per heavy atom. The largest absolute Gasteiger partial charge is 0.322 e. The fraction of sp³-hybridized carbons (Fsp3) is 0.444. The van der Waals surface area contributed by atoms with Crippen LogP contribution in [0.3, 0.4) is 0 Å². The van der Waals surface area contributed by atoms with Crippen LogP contribution in [-0.4, -0.2) is 9.78 Å². The van der Waals surface area contributed by atoms with E-state index in [0.29, 0.717) is 28.9 Å². The van der Waals surface area contributed by atoms with Gasteiger partial charge in [0.25, 0.3) is 5.56 Å². The van der Waals surface area contributed by atoms with Gasteiger partial charge in [-0.2, -0.15) is 5.10 Å². The van der Waals surface area contributed by atoms with Crippen LogP contribution < -0.4 is 11.3 Å². The minimum Gasteiger partial charge on any atom is -0.322 e. The maximum absolute atomic E-state index is 13.9. The van der Waals surface area contributed by atoms with Gasteiger partial charge in [0, 0.05) is 23.2 Å². The predicted octanol–water partition coefficient (Wildman–Crippen LogP) is 3.21. The van der Waals surface area contributed by atoms with Gasteiger partial charge in [-0.1, -0.05) is 26.0 Å². The zero-order chi connectivity index (χ0) is 17.4. The van der Waals surface area contributed by atoms with Gasteiger partial charge < -0.3 is 5.73 Å². The lowest BCUT2D eigenvalue weighted by Crippen LogP contribution is -2.39. The average molecular weight is 317 g/mol. The van der Waals surface area contributed by atoms with Crippen molar-refractivity contribution in [1.29, 1.82) is 0 Å². The Balaban J connectivity index is 2.68. The van der Waals surface area contributed by atoms with Crippen LogP contribution in [0.1, 0.15) is 38.8 Å². The summed E-state index contributed by atoms with van der Waals surface area (Å²) in [7, 11) is 0. The number of hydrogen-bond donors (Lipinski definition) is 1. The molecule has 2 rings (SSSR count). The highest BCUT2D eigenvalue weighted by molar-refractivity contribution is 5.60. The number of hydrogen-bond acceptors (Lipinski definition) is 3. The zero-order valence-electron chi connectivity index (χ0n) is 14.4. The fourth-order valence-electron chi connectivity index (χ4n) is 2.37. The molecule has 0 bridgehead atoms. The van der Waals surface area contributed by atoms with Gasteiger partial charge in [0.15, 0.2) is 0 Å². The Kier molecular flexibility index (Phi) is 4.71. The zero-order valence-corrected chi connectivity index (χ0v) is 14.4. The van der Waals surface area contributed by atoms with E-state index >= 15 is 0 Å². The van der Waals surface area contributed by atoms with Gasteiger partial charge >= 0.3 is 0 Å². The van der Waals surface area contributed by atoms with Gasteiger partial charge in [-0.05, 0) is 44.4 Å². The lowest BCUT2D eigenvalue weighted by atomic mass is 9.95. The van der Waals surface area contributed by atoms with Crippen LogP contribution in [0.5, 0.6) is 0 Å². The molecule has 23 heavy (non-hydrogen) atoms. The third-order valence-electron chi connectivity index (χ3n) is 3.67. The molecule has 1 aromatic heterocycles. The van der Waals surface area contributed by atoms with Crippen molar-refractivity contribution in [3.05, 3.63) is 51.6 Å². The maximum atomic E-state index is 13.9. The summed E-state index contributed by atoms with van der Waals surface area (Å²) in [5, 5.41) is 4.41. The highest BCUT2D eigenvalue weighted by Crippen LogP contribution is 2.23. The molecule has 5 heteroatoms. The molecule has 0 saturated carbocycles. The summed E-state index contributed by atoms with van der Waals surface area (Å²) >= 11 is 0. The summed E-state index contributed by atoms with van der Waals surface area (Å²) in [5.41, 5.74) is 7.39. The second-order valence-electron chi connectivity index (χ2n) is 7.01. The molecular formula is C18H24FN3O. The van der Waals surface area contributed by atoms with Crippen molar-refractivity contribution in [3.8, 4) is 11.3 Å². The number of nitrogens with two attached hydrogens (primary N) is 1. The first-order chi connectivity index (χ1) is 10.6. The third kappa shape index (κ3) is 3.85. The van der Waals surface area contributed by atoms with Gasteiger partial charge in [-0.3, -0.25) is 4.79 Å². The molecule has 0 aliphatic rings. The second-order valence-corrected chi connectivity index (χ2v) is 7.01. The van der Waals surface area contributed by atoms with E-state index in [2.05, 4.69) is 5.10 Å². The first kappa shape index (κ1) is 17.3. The molecule has 0 saturated heterocycles. The van der Waals surface area contributed by atoms with Gasteiger partial charge in [0.2, 0.25) is 0 Å². The van der Waals surface area contributed by atoms with Crippen molar-refractivity contribution in [2.75, 3.05) is 0 Å². The van der Waals surface area contributed by atoms with E-state index in [1.807, 2.05) is 13.8 Å². The van der Waals surface area contributed by atoms with E-state index in [9.17, 15) is 9.18 Å². The summed E-state index contributed by atoms with van der Waals surface area (Å²) in [6.45, 7) is 9.79. The molecule has 124 valence electrons. The SMILES string of the molecule is Cc1ccc(-c2cc(C(C)(C)N)c(=O)n(CC(C)C)n2)cc1F. The highest BCUT2D eigenvalue weighted by Gasteiger charge is 2.22. The molecule has 0 unspecified atom stereocenters. The number of nitrogens with zero attached hydrogens (tertiary/aromatic N) is 2. The maximum Gasteiger partial charge on any atom is 0.271 e.